The van der Waals surface area contributed by atoms with E-state index in [9.17, 15) is 0 Å². The summed E-state index contributed by atoms with van der Waals surface area (Å²) < 4.78 is 0. The van der Waals surface area contributed by atoms with Crippen LogP contribution in [0.3, 0.4) is 0 Å². The normalized spacial score (nSPS) is 9.00. The van der Waals surface area contributed by atoms with E-state index in [4.69, 9.17) is 0 Å². The molecule has 0 unspecified atom stereocenters. The maximum atomic E-state index is 3.11. The minimum Gasteiger partial charge on any atom is -0.432 e. The first-order chi connectivity index (χ1) is 4.83. The Morgan fingerprint density at radius 2 is 1.80 bits per heavy atom. The number of anilines is 1. The predicted octanol–water partition coefficient (Wildman–Crippen LogP) is 2.07. The molecule has 0 saturated heterocycles. The predicted molar refractivity (Wildman–Crippen MR) is 46.4 cm³/mol. The molecule has 2 heteroatoms. The average Bonchev–Trinajstić information content (AvgIpc) is 1.95. The Labute approximate surface area is 62.7 Å². The number of rotatable bonds is 2. The van der Waals surface area contributed by atoms with Gasteiger partial charge in [-0.1, -0.05) is 24.5 Å². The molecule has 0 saturated carbocycles. The molecule has 1 N–H and O–H groups in total. The Hall–Kier alpha value is -0.915. The quantitative estimate of drug-likeness (QED) is 0.607. The van der Waals surface area contributed by atoms with Crippen molar-refractivity contribution in [2.75, 3.05) is 5.23 Å². The van der Waals surface area contributed by atoms with Gasteiger partial charge in [0, 0.05) is 5.69 Å². The molecule has 0 aliphatic carbocycles. The van der Waals surface area contributed by atoms with Gasteiger partial charge in [-0.2, -0.15) is 0 Å². The summed E-state index contributed by atoms with van der Waals surface area (Å²) in [6, 6.07) is 8.31. The Balaban J connectivity index is 2.69. The largest absolute Gasteiger partial charge is 0.432 e. The molecule has 1 nitrogen and oxygen atoms in total. The third-order valence-corrected chi connectivity index (χ3v) is 1.36. The van der Waals surface area contributed by atoms with Crippen LogP contribution in [0.4, 0.5) is 5.69 Å². The van der Waals surface area contributed by atoms with Gasteiger partial charge in [0.25, 0.3) is 0 Å². The molecule has 1 rings (SSSR count). The minimum absolute atomic E-state index is 1.15. The summed E-state index contributed by atoms with van der Waals surface area (Å²) in [4.78, 5) is 0. The van der Waals surface area contributed by atoms with Gasteiger partial charge in [-0.3, -0.25) is 0 Å². The van der Waals surface area contributed by atoms with Crippen molar-refractivity contribution in [1.82, 2.24) is 0 Å². The topological polar surface area (TPSA) is 12.0 Å². The van der Waals surface area contributed by atoms with E-state index in [-0.39, 0.29) is 0 Å². The average molecular weight is 132 g/mol. The molecule has 0 spiro atoms. The van der Waals surface area contributed by atoms with Crippen LogP contribution in [0.1, 0.15) is 5.56 Å². The molecular formula is C8H11BN. The summed E-state index contributed by atoms with van der Waals surface area (Å²) in [5.74, 6) is 0. The van der Waals surface area contributed by atoms with Crippen LogP contribution in [0.2, 0.25) is 6.82 Å². The van der Waals surface area contributed by atoms with E-state index in [2.05, 4.69) is 36.4 Å². The number of nitrogens with one attached hydrogen (secondary N) is 1. The minimum atomic E-state index is 1.15. The zero-order valence-corrected chi connectivity index (χ0v) is 6.39. The molecule has 0 fully saturated rings. The highest BCUT2D eigenvalue weighted by Gasteiger charge is 1.86. The first kappa shape index (κ1) is 7.20. The van der Waals surface area contributed by atoms with Crippen LogP contribution in [-0.4, -0.2) is 7.41 Å². The number of hydrogen-bond donors (Lipinski definition) is 1. The number of hydrogen-bond acceptors (Lipinski definition) is 1. The lowest BCUT2D eigenvalue weighted by Gasteiger charge is -2.00. The van der Waals surface area contributed by atoms with E-state index in [0.29, 0.717) is 0 Å². The Kier molecular flexibility index (Phi) is 2.38. The molecular weight excluding hydrogens is 121 g/mol. The van der Waals surface area contributed by atoms with E-state index in [1.807, 2.05) is 14.2 Å². The molecule has 1 aromatic carbocycles. The highest BCUT2D eigenvalue weighted by Crippen LogP contribution is 2.06. The second-order valence-corrected chi connectivity index (χ2v) is 2.30. The first-order valence-corrected chi connectivity index (χ1v) is 3.44. The molecule has 51 valence electrons. The molecule has 0 heterocycles. The van der Waals surface area contributed by atoms with E-state index < -0.39 is 0 Å². The van der Waals surface area contributed by atoms with E-state index >= 15 is 0 Å². The van der Waals surface area contributed by atoms with Gasteiger partial charge >= 0.3 is 0 Å². The van der Waals surface area contributed by atoms with Gasteiger partial charge in [0.2, 0.25) is 7.41 Å². The van der Waals surface area contributed by atoms with Crippen molar-refractivity contribution in [1.29, 1.82) is 0 Å². The third-order valence-electron chi connectivity index (χ3n) is 1.36. The Bertz CT molecular complexity index is 193. The summed E-state index contributed by atoms with van der Waals surface area (Å²) in [7, 11) is 1.92. The zero-order valence-electron chi connectivity index (χ0n) is 6.39. The molecule has 1 aromatic rings. The zero-order chi connectivity index (χ0) is 7.40. The van der Waals surface area contributed by atoms with Gasteiger partial charge in [0.05, 0.1) is 0 Å². The summed E-state index contributed by atoms with van der Waals surface area (Å²) in [5, 5.41) is 3.11. The van der Waals surface area contributed by atoms with Gasteiger partial charge in [-0.05, 0) is 19.1 Å². The van der Waals surface area contributed by atoms with E-state index in [0.717, 1.165) is 5.69 Å². The fraction of sp³-hybridized carbons (Fsp3) is 0.250. The second-order valence-electron chi connectivity index (χ2n) is 2.30. The summed E-state index contributed by atoms with van der Waals surface area (Å²) >= 11 is 0. The van der Waals surface area contributed by atoms with Crippen molar-refractivity contribution in [2.45, 2.75) is 13.7 Å². The molecule has 0 atom stereocenters. The van der Waals surface area contributed by atoms with Crippen molar-refractivity contribution in [3.63, 3.8) is 0 Å². The van der Waals surface area contributed by atoms with Gasteiger partial charge in [-0.25, -0.2) is 0 Å². The molecule has 0 aromatic heterocycles. The number of aryl methyl sites for hydroxylation is 1. The van der Waals surface area contributed by atoms with Crippen LogP contribution in [0.15, 0.2) is 24.3 Å². The van der Waals surface area contributed by atoms with Gasteiger partial charge in [-0.15, -0.1) is 0 Å². The molecule has 10 heavy (non-hydrogen) atoms. The Morgan fingerprint density at radius 1 is 1.20 bits per heavy atom. The summed E-state index contributed by atoms with van der Waals surface area (Å²) in [5.41, 5.74) is 2.44. The lowest BCUT2D eigenvalue weighted by Crippen LogP contribution is -1.99. The van der Waals surface area contributed by atoms with Crippen LogP contribution >= 0.6 is 0 Å². The molecule has 0 aliphatic heterocycles. The van der Waals surface area contributed by atoms with Gasteiger partial charge in [0.15, 0.2) is 0 Å². The SMILES string of the molecule is C[B]Nc1ccc(C)cc1. The highest BCUT2D eigenvalue weighted by molar-refractivity contribution is 6.38. The van der Waals surface area contributed by atoms with Crippen molar-refractivity contribution in [2.24, 2.45) is 0 Å². The van der Waals surface area contributed by atoms with Crippen LogP contribution < -0.4 is 5.23 Å². The molecule has 1 radical (unpaired) electrons. The monoisotopic (exact) mass is 132 g/mol. The standard InChI is InChI=1S/C8H11BN/c1-7-3-5-8(6-4-7)10-9-2/h3-6,10H,1-2H3. The molecule has 0 amide bonds. The fourth-order valence-corrected chi connectivity index (χ4v) is 0.816. The van der Waals surface area contributed by atoms with E-state index in [1.165, 1.54) is 5.56 Å². The molecule has 0 aliphatic rings. The second kappa shape index (κ2) is 3.30. The highest BCUT2D eigenvalue weighted by atomic mass is 14.7. The first-order valence-electron chi connectivity index (χ1n) is 3.44. The van der Waals surface area contributed by atoms with E-state index in [1.54, 1.807) is 0 Å². The van der Waals surface area contributed by atoms with Crippen molar-refractivity contribution < 1.29 is 0 Å². The molecule has 0 bridgehead atoms. The maximum absolute atomic E-state index is 3.11. The lowest BCUT2D eigenvalue weighted by atomic mass is 9.99. The fourth-order valence-electron chi connectivity index (χ4n) is 0.816. The lowest BCUT2D eigenvalue weighted by molar-refractivity contribution is 1.47. The van der Waals surface area contributed by atoms with Crippen molar-refractivity contribution >= 4 is 13.1 Å². The van der Waals surface area contributed by atoms with Crippen LogP contribution in [-0.2, 0) is 0 Å². The maximum Gasteiger partial charge on any atom is 0.239 e. The number of benzene rings is 1. The Morgan fingerprint density at radius 3 is 2.30 bits per heavy atom. The van der Waals surface area contributed by atoms with Crippen molar-refractivity contribution in [3.8, 4) is 0 Å². The van der Waals surface area contributed by atoms with Crippen LogP contribution in [0.5, 0.6) is 0 Å². The summed E-state index contributed by atoms with van der Waals surface area (Å²) in [6.45, 7) is 4.05. The summed E-state index contributed by atoms with van der Waals surface area (Å²) in [6.07, 6.45) is 0. The van der Waals surface area contributed by atoms with Crippen LogP contribution in [0.25, 0.3) is 0 Å². The van der Waals surface area contributed by atoms with Gasteiger partial charge < -0.3 is 5.23 Å². The van der Waals surface area contributed by atoms with Crippen LogP contribution in [0, 0.1) is 6.92 Å². The smallest absolute Gasteiger partial charge is 0.239 e. The van der Waals surface area contributed by atoms with Crippen molar-refractivity contribution in [3.05, 3.63) is 29.8 Å². The third kappa shape index (κ3) is 1.80. The van der Waals surface area contributed by atoms with Gasteiger partial charge in [0.1, 0.15) is 0 Å².